The van der Waals surface area contributed by atoms with Crippen molar-refractivity contribution >= 4 is 5.91 Å². The summed E-state index contributed by atoms with van der Waals surface area (Å²) >= 11 is 0. The number of rotatable bonds is 5. The molecule has 0 bridgehead atoms. The minimum atomic E-state index is -0.315. The van der Waals surface area contributed by atoms with E-state index < -0.39 is 0 Å². The van der Waals surface area contributed by atoms with Gasteiger partial charge in [0.15, 0.2) is 0 Å². The number of hydrogen-bond donors (Lipinski definition) is 1. The third-order valence-electron chi connectivity index (χ3n) is 4.40. The van der Waals surface area contributed by atoms with Crippen LogP contribution in [0.2, 0.25) is 0 Å². The molecule has 2 atom stereocenters. The molecule has 0 radical (unpaired) electrons. The van der Waals surface area contributed by atoms with Crippen LogP contribution in [-0.2, 0) is 9.53 Å². The van der Waals surface area contributed by atoms with E-state index in [-0.39, 0.29) is 11.9 Å². The molecule has 0 spiro atoms. The second-order valence-corrected chi connectivity index (χ2v) is 5.99. The number of nitrogens with two attached hydrogens (primary N) is 1. The van der Waals surface area contributed by atoms with Crippen molar-refractivity contribution in [2.45, 2.75) is 51.1 Å². The number of morpholine rings is 1. The Morgan fingerprint density at radius 1 is 1.30 bits per heavy atom. The van der Waals surface area contributed by atoms with Gasteiger partial charge in [-0.1, -0.05) is 13.3 Å². The van der Waals surface area contributed by atoms with Crippen molar-refractivity contribution in [3.63, 3.8) is 0 Å². The number of amides is 1. The minimum absolute atomic E-state index is 0.157. The van der Waals surface area contributed by atoms with Gasteiger partial charge in [0.05, 0.1) is 19.3 Å². The fourth-order valence-electron chi connectivity index (χ4n) is 3.21. The van der Waals surface area contributed by atoms with Gasteiger partial charge in [-0.15, -0.1) is 0 Å². The molecule has 2 aliphatic heterocycles. The lowest BCUT2D eigenvalue weighted by Gasteiger charge is -2.40. The Bertz CT molecular complexity index is 305. The van der Waals surface area contributed by atoms with Gasteiger partial charge in [0, 0.05) is 32.2 Å². The fraction of sp³-hybridized carbons (Fsp3) is 0.933. The molecule has 2 saturated heterocycles. The van der Waals surface area contributed by atoms with Crippen LogP contribution in [0.3, 0.4) is 0 Å². The molecule has 20 heavy (non-hydrogen) atoms. The summed E-state index contributed by atoms with van der Waals surface area (Å²) in [5.41, 5.74) is 6.03. The standard InChI is InChI=1S/C15H29N3O2/c1-2-5-14(16)15(19)18-7-4-3-6-13(18)12-17-8-10-20-11-9-17/h13-14H,2-12,16H2,1H3. The molecule has 0 aromatic heterocycles. The molecular weight excluding hydrogens is 254 g/mol. The molecular formula is C15H29N3O2. The Kier molecular flexibility index (Phi) is 6.26. The molecule has 2 fully saturated rings. The van der Waals surface area contributed by atoms with E-state index in [0.717, 1.165) is 65.1 Å². The number of likely N-dealkylation sites (tertiary alicyclic amines) is 1. The maximum absolute atomic E-state index is 12.5. The number of ether oxygens (including phenoxy) is 1. The van der Waals surface area contributed by atoms with Gasteiger partial charge in [-0.3, -0.25) is 9.69 Å². The summed E-state index contributed by atoms with van der Waals surface area (Å²) in [4.78, 5) is 17.0. The Morgan fingerprint density at radius 2 is 2.05 bits per heavy atom. The first-order valence-electron chi connectivity index (χ1n) is 8.08. The number of nitrogens with zero attached hydrogens (tertiary/aromatic N) is 2. The van der Waals surface area contributed by atoms with Crippen LogP contribution in [0.1, 0.15) is 39.0 Å². The molecule has 5 nitrogen and oxygen atoms in total. The lowest BCUT2D eigenvalue weighted by Crippen LogP contribution is -2.55. The molecule has 1 amide bonds. The second-order valence-electron chi connectivity index (χ2n) is 5.99. The quantitative estimate of drug-likeness (QED) is 0.812. The van der Waals surface area contributed by atoms with Gasteiger partial charge in [-0.05, 0) is 25.7 Å². The summed E-state index contributed by atoms with van der Waals surface area (Å²) in [6.07, 6.45) is 5.21. The van der Waals surface area contributed by atoms with E-state index in [4.69, 9.17) is 10.5 Å². The topological polar surface area (TPSA) is 58.8 Å². The molecule has 0 saturated carbocycles. The Labute approximate surface area is 122 Å². The van der Waals surface area contributed by atoms with Crippen molar-refractivity contribution in [2.24, 2.45) is 5.73 Å². The van der Waals surface area contributed by atoms with Crippen molar-refractivity contribution in [2.75, 3.05) is 39.4 Å². The fourth-order valence-corrected chi connectivity index (χ4v) is 3.21. The summed E-state index contributed by atoms with van der Waals surface area (Å²) in [5, 5.41) is 0. The summed E-state index contributed by atoms with van der Waals surface area (Å²) in [5.74, 6) is 0.157. The van der Waals surface area contributed by atoms with Crippen LogP contribution in [0.15, 0.2) is 0 Å². The normalized spacial score (nSPS) is 26.5. The van der Waals surface area contributed by atoms with Gasteiger partial charge in [-0.2, -0.15) is 0 Å². The summed E-state index contributed by atoms with van der Waals surface area (Å²) in [6.45, 7) is 7.54. The van der Waals surface area contributed by atoms with Crippen LogP contribution >= 0.6 is 0 Å². The van der Waals surface area contributed by atoms with Gasteiger partial charge in [-0.25, -0.2) is 0 Å². The number of carbonyl (C=O) groups is 1. The predicted octanol–water partition coefficient (Wildman–Crippen LogP) is 0.827. The Balaban J connectivity index is 1.91. The van der Waals surface area contributed by atoms with Gasteiger partial charge < -0.3 is 15.4 Å². The molecule has 0 aliphatic carbocycles. The highest BCUT2D eigenvalue weighted by molar-refractivity contribution is 5.82. The van der Waals surface area contributed by atoms with Crippen LogP contribution in [-0.4, -0.2) is 67.2 Å². The number of carbonyl (C=O) groups excluding carboxylic acids is 1. The largest absolute Gasteiger partial charge is 0.379 e. The van der Waals surface area contributed by atoms with E-state index in [1.54, 1.807) is 0 Å². The van der Waals surface area contributed by atoms with E-state index in [9.17, 15) is 4.79 Å². The first-order valence-corrected chi connectivity index (χ1v) is 8.08. The number of piperidine rings is 1. The smallest absolute Gasteiger partial charge is 0.239 e. The first-order chi connectivity index (χ1) is 9.72. The van der Waals surface area contributed by atoms with E-state index in [1.165, 1.54) is 6.42 Å². The van der Waals surface area contributed by atoms with Crippen LogP contribution in [0, 0.1) is 0 Å². The van der Waals surface area contributed by atoms with E-state index in [1.807, 2.05) is 0 Å². The maximum atomic E-state index is 12.5. The molecule has 5 heteroatoms. The van der Waals surface area contributed by atoms with Crippen molar-refractivity contribution < 1.29 is 9.53 Å². The molecule has 2 aliphatic rings. The SMILES string of the molecule is CCCC(N)C(=O)N1CCCCC1CN1CCOCC1. The molecule has 2 unspecified atom stereocenters. The zero-order chi connectivity index (χ0) is 14.4. The maximum Gasteiger partial charge on any atom is 0.239 e. The predicted molar refractivity (Wildman–Crippen MR) is 79.5 cm³/mol. The first kappa shape index (κ1) is 15.7. The van der Waals surface area contributed by atoms with Crippen molar-refractivity contribution in [1.29, 1.82) is 0 Å². The number of hydrogen-bond acceptors (Lipinski definition) is 4. The van der Waals surface area contributed by atoms with Crippen LogP contribution < -0.4 is 5.73 Å². The molecule has 2 rings (SSSR count). The minimum Gasteiger partial charge on any atom is -0.379 e. The van der Waals surface area contributed by atoms with Gasteiger partial charge >= 0.3 is 0 Å². The zero-order valence-electron chi connectivity index (χ0n) is 12.7. The average Bonchev–Trinajstić information content (AvgIpc) is 2.48. The third kappa shape index (κ3) is 4.17. The molecule has 0 aromatic carbocycles. The highest BCUT2D eigenvalue weighted by atomic mass is 16.5. The molecule has 0 aromatic rings. The highest BCUT2D eigenvalue weighted by Crippen LogP contribution is 2.20. The third-order valence-corrected chi connectivity index (χ3v) is 4.40. The average molecular weight is 283 g/mol. The van der Waals surface area contributed by atoms with E-state index >= 15 is 0 Å². The van der Waals surface area contributed by atoms with Gasteiger partial charge in [0.2, 0.25) is 5.91 Å². The Hall–Kier alpha value is -0.650. The van der Waals surface area contributed by atoms with Crippen molar-refractivity contribution in [1.82, 2.24) is 9.80 Å². The van der Waals surface area contributed by atoms with E-state index in [2.05, 4.69) is 16.7 Å². The monoisotopic (exact) mass is 283 g/mol. The molecule has 2 heterocycles. The van der Waals surface area contributed by atoms with Gasteiger partial charge in [0.1, 0.15) is 0 Å². The van der Waals surface area contributed by atoms with E-state index in [0.29, 0.717) is 6.04 Å². The highest BCUT2D eigenvalue weighted by Gasteiger charge is 2.31. The summed E-state index contributed by atoms with van der Waals surface area (Å²) in [6, 6.07) is 0.0301. The summed E-state index contributed by atoms with van der Waals surface area (Å²) < 4.78 is 5.39. The summed E-state index contributed by atoms with van der Waals surface area (Å²) in [7, 11) is 0. The molecule has 2 N–H and O–H groups in total. The lowest BCUT2D eigenvalue weighted by atomic mass is 9.99. The van der Waals surface area contributed by atoms with Crippen LogP contribution in [0.25, 0.3) is 0 Å². The van der Waals surface area contributed by atoms with Crippen LogP contribution in [0.5, 0.6) is 0 Å². The van der Waals surface area contributed by atoms with Crippen molar-refractivity contribution in [3.05, 3.63) is 0 Å². The zero-order valence-corrected chi connectivity index (χ0v) is 12.7. The van der Waals surface area contributed by atoms with Gasteiger partial charge in [0.25, 0.3) is 0 Å². The lowest BCUT2D eigenvalue weighted by molar-refractivity contribution is -0.137. The Morgan fingerprint density at radius 3 is 2.75 bits per heavy atom. The van der Waals surface area contributed by atoms with Crippen LogP contribution in [0.4, 0.5) is 0 Å². The van der Waals surface area contributed by atoms with Crippen molar-refractivity contribution in [3.8, 4) is 0 Å². The molecule has 116 valence electrons. The second kappa shape index (κ2) is 7.96.